The van der Waals surface area contributed by atoms with Gasteiger partial charge in [0.15, 0.2) is 4.80 Å². The van der Waals surface area contributed by atoms with Crippen LogP contribution in [0.15, 0.2) is 63.5 Å². The summed E-state index contributed by atoms with van der Waals surface area (Å²) in [5.41, 5.74) is 3.35. The first-order chi connectivity index (χ1) is 18.9. The highest BCUT2D eigenvalue weighted by Crippen LogP contribution is 2.38. The molecule has 2 aromatic carbocycles. The Morgan fingerprint density at radius 3 is 2.46 bits per heavy atom. The van der Waals surface area contributed by atoms with Gasteiger partial charge in [-0.3, -0.25) is 9.36 Å². The van der Waals surface area contributed by atoms with E-state index in [4.69, 9.17) is 26.1 Å². The van der Waals surface area contributed by atoms with Crippen LogP contribution in [0.5, 0.6) is 5.75 Å². The fourth-order valence-corrected chi connectivity index (χ4v) is 6.06. The Bertz CT molecular complexity index is 1550. The van der Waals surface area contributed by atoms with Crippen LogP contribution in [0.1, 0.15) is 57.7 Å². The highest BCUT2D eigenvalue weighted by atomic mass is 35.5. The van der Waals surface area contributed by atoms with Crippen LogP contribution in [0.25, 0.3) is 6.08 Å². The maximum absolute atomic E-state index is 14.0. The number of esters is 1. The van der Waals surface area contributed by atoms with Crippen molar-refractivity contribution in [2.45, 2.75) is 46.6 Å². The third kappa shape index (κ3) is 5.82. The summed E-state index contributed by atoms with van der Waals surface area (Å²) in [5, 5.41) is 0.471. The SMILES string of the molecule is CCCC1=C(C(=O)OCC)[C@H](c2cc(Cl)ccc2OC)n2c(s/c(=C/c3ccc(N(CC)CC)cc3)c2=O)=N1. The number of methoxy groups -OCH3 is 1. The fraction of sp³-hybridized carbons (Fsp3) is 0.367. The number of aromatic nitrogens is 1. The molecular weight excluding hydrogens is 534 g/mol. The van der Waals surface area contributed by atoms with E-state index in [9.17, 15) is 9.59 Å². The molecule has 0 N–H and O–H groups in total. The van der Waals surface area contributed by atoms with Crippen molar-refractivity contribution in [1.82, 2.24) is 4.57 Å². The number of fused-ring (bicyclic) bond motifs is 1. The van der Waals surface area contributed by atoms with Crippen LogP contribution < -0.4 is 24.5 Å². The van der Waals surface area contributed by atoms with Crippen molar-refractivity contribution in [3.8, 4) is 5.75 Å². The van der Waals surface area contributed by atoms with E-state index in [0.717, 1.165) is 30.8 Å². The number of rotatable bonds is 10. The molecular formula is C30H34ClN3O4S. The van der Waals surface area contributed by atoms with Gasteiger partial charge in [-0.25, -0.2) is 9.79 Å². The van der Waals surface area contributed by atoms with Crippen LogP contribution in [0, 0.1) is 0 Å². The molecule has 1 atom stereocenters. The zero-order valence-corrected chi connectivity index (χ0v) is 24.6. The number of hydrogen-bond donors (Lipinski definition) is 0. The van der Waals surface area contributed by atoms with Crippen LogP contribution >= 0.6 is 22.9 Å². The number of allylic oxidation sites excluding steroid dienone is 1. The molecule has 0 unspecified atom stereocenters. The lowest BCUT2D eigenvalue weighted by atomic mass is 9.93. The zero-order valence-electron chi connectivity index (χ0n) is 23.0. The van der Waals surface area contributed by atoms with E-state index >= 15 is 0 Å². The summed E-state index contributed by atoms with van der Waals surface area (Å²) < 4.78 is 13.2. The predicted octanol–water partition coefficient (Wildman–Crippen LogP) is 5.09. The van der Waals surface area contributed by atoms with Crippen LogP contribution in [-0.2, 0) is 9.53 Å². The number of carbonyl (C=O) groups is 1. The Balaban J connectivity index is 1.95. The van der Waals surface area contributed by atoms with Crippen molar-refractivity contribution in [2.24, 2.45) is 4.99 Å². The molecule has 0 radical (unpaired) electrons. The lowest BCUT2D eigenvalue weighted by molar-refractivity contribution is -0.139. The van der Waals surface area contributed by atoms with Crippen molar-refractivity contribution in [1.29, 1.82) is 0 Å². The van der Waals surface area contributed by atoms with Crippen molar-refractivity contribution >= 4 is 40.7 Å². The molecule has 7 nitrogen and oxygen atoms in total. The molecule has 4 rings (SSSR count). The van der Waals surface area contributed by atoms with Crippen molar-refractivity contribution in [2.75, 3.05) is 31.7 Å². The molecule has 3 aromatic rings. The van der Waals surface area contributed by atoms with E-state index in [0.29, 0.717) is 43.4 Å². The lowest BCUT2D eigenvalue weighted by Gasteiger charge is -2.27. The minimum absolute atomic E-state index is 0.203. The third-order valence-electron chi connectivity index (χ3n) is 6.70. The molecule has 9 heteroatoms. The summed E-state index contributed by atoms with van der Waals surface area (Å²) in [5.74, 6) is 0.0171. The van der Waals surface area contributed by atoms with Gasteiger partial charge < -0.3 is 14.4 Å². The molecule has 1 aromatic heterocycles. The highest BCUT2D eigenvalue weighted by molar-refractivity contribution is 7.07. The van der Waals surface area contributed by atoms with Crippen LogP contribution in [0.2, 0.25) is 5.02 Å². The first kappa shape index (κ1) is 28.6. The van der Waals surface area contributed by atoms with Gasteiger partial charge in [0, 0.05) is 29.4 Å². The van der Waals surface area contributed by atoms with Gasteiger partial charge in [0.1, 0.15) is 11.8 Å². The Labute approximate surface area is 237 Å². The first-order valence-electron chi connectivity index (χ1n) is 13.3. The van der Waals surface area contributed by atoms with Gasteiger partial charge in [-0.05, 0) is 69.2 Å². The van der Waals surface area contributed by atoms with E-state index in [-0.39, 0.29) is 12.2 Å². The van der Waals surface area contributed by atoms with Crippen LogP contribution in [0.4, 0.5) is 5.69 Å². The van der Waals surface area contributed by atoms with Gasteiger partial charge in [-0.1, -0.05) is 48.4 Å². The number of halogens is 1. The Morgan fingerprint density at radius 1 is 1.13 bits per heavy atom. The average Bonchev–Trinajstić information content (AvgIpc) is 3.24. The molecule has 2 heterocycles. The zero-order chi connectivity index (χ0) is 28.1. The van der Waals surface area contributed by atoms with Crippen molar-refractivity contribution < 1.29 is 14.3 Å². The van der Waals surface area contributed by atoms with Gasteiger partial charge in [0.05, 0.1) is 29.5 Å². The van der Waals surface area contributed by atoms with Crippen molar-refractivity contribution in [3.63, 3.8) is 0 Å². The molecule has 0 saturated heterocycles. The van der Waals surface area contributed by atoms with Crippen LogP contribution in [0.3, 0.4) is 0 Å². The van der Waals surface area contributed by atoms with E-state index < -0.39 is 12.0 Å². The van der Waals surface area contributed by atoms with Crippen LogP contribution in [-0.4, -0.2) is 37.3 Å². The summed E-state index contributed by atoms with van der Waals surface area (Å²) in [7, 11) is 1.55. The van der Waals surface area contributed by atoms with Gasteiger partial charge in [0.2, 0.25) is 0 Å². The van der Waals surface area contributed by atoms with E-state index in [1.165, 1.54) is 11.3 Å². The number of hydrogen-bond acceptors (Lipinski definition) is 7. The van der Waals surface area contributed by atoms with E-state index in [1.54, 1.807) is 36.8 Å². The van der Waals surface area contributed by atoms with Gasteiger partial charge in [0.25, 0.3) is 5.56 Å². The second kappa shape index (κ2) is 12.7. The monoisotopic (exact) mass is 567 g/mol. The van der Waals surface area contributed by atoms with E-state index in [1.807, 2.05) is 25.1 Å². The molecule has 0 aliphatic carbocycles. The maximum atomic E-state index is 14.0. The smallest absolute Gasteiger partial charge is 0.338 e. The number of thiazole rings is 1. The number of anilines is 1. The maximum Gasteiger partial charge on any atom is 0.338 e. The Hall–Kier alpha value is -3.36. The molecule has 1 aliphatic heterocycles. The largest absolute Gasteiger partial charge is 0.496 e. The summed E-state index contributed by atoms with van der Waals surface area (Å²) in [6.45, 7) is 10.1. The van der Waals surface area contributed by atoms with Crippen molar-refractivity contribution in [3.05, 3.63) is 89.6 Å². The van der Waals surface area contributed by atoms with Gasteiger partial charge >= 0.3 is 5.97 Å². The molecule has 0 saturated carbocycles. The Morgan fingerprint density at radius 2 is 1.85 bits per heavy atom. The molecule has 206 valence electrons. The normalized spacial score (nSPS) is 15.1. The number of carbonyl (C=O) groups excluding carboxylic acids is 1. The predicted molar refractivity (Wildman–Crippen MR) is 158 cm³/mol. The molecule has 0 fully saturated rings. The molecule has 0 bridgehead atoms. The van der Waals surface area contributed by atoms with Gasteiger partial charge in [-0.15, -0.1) is 0 Å². The highest BCUT2D eigenvalue weighted by Gasteiger charge is 2.36. The summed E-state index contributed by atoms with van der Waals surface area (Å²) in [4.78, 5) is 34.9. The third-order valence-corrected chi connectivity index (χ3v) is 7.92. The van der Waals surface area contributed by atoms with Gasteiger partial charge in [-0.2, -0.15) is 0 Å². The second-order valence-corrected chi connectivity index (χ2v) is 10.5. The molecule has 0 spiro atoms. The molecule has 0 amide bonds. The quantitative estimate of drug-likeness (QED) is 0.319. The fourth-order valence-electron chi connectivity index (χ4n) is 4.86. The standard InChI is InChI=1S/C30H34ClN3O4S/c1-6-10-23-26(29(36)38-9-4)27(22-18-20(31)13-16-24(22)37-5)34-28(35)25(39-30(34)32-23)17-19-11-14-21(15-12-19)33(7-2)8-3/h11-18,27H,6-10H2,1-5H3/b25-17+/t27-/m0/s1. The number of nitrogens with zero attached hydrogens (tertiary/aromatic N) is 3. The summed E-state index contributed by atoms with van der Waals surface area (Å²) >= 11 is 7.72. The first-order valence-corrected chi connectivity index (χ1v) is 14.5. The lowest BCUT2D eigenvalue weighted by Crippen LogP contribution is -2.40. The average molecular weight is 568 g/mol. The molecule has 1 aliphatic rings. The number of benzene rings is 2. The minimum Gasteiger partial charge on any atom is -0.496 e. The number of ether oxygens (including phenoxy) is 2. The summed E-state index contributed by atoms with van der Waals surface area (Å²) in [6, 6.07) is 12.6. The molecule has 39 heavy (non-hydrogen) atoms. The summed E-state index contributed by atoms with van der Waals surface area (Å²) in [6.07, 6.45) is 3.20. The minimum atomic E-state index is -0.789. The van der Waals surface area contributed by atoms with E-state index in [2.05, 4.69) is 30.9 Å². The topological polar surface area (TPSA) is 73.1 Å². The second-order valence-electron chi connectivity index (χ2n) is 9.06. The Kier molecular flexibility index (Phi) is 9.30.